The third-order valence-electron chi connectivity index (χ3n) is 4.80. The Kier molecular flexibility index (Phi) is 6.15. The minimum Gasteiger partial charge on any atom is -0.489 e. The molecule has 4 aromatic rings. The van der Waals surface area contributed by atoms with E-state index in [9.17, 15) is 13.2 Å². The number of methoxy groups -OCH3 is 1. The Morgan fingerprint density at radius 1 is 0.938 bits per heavy atom. The summed E-state index contributed by atoms with van der Waals surface area (Å²) in [6.07, 6.45) is 0. The molecule has 0 amide bonds. The lowest BCUT2D eigenvalue weighted by molar-refractivity contribution is 0.0593. The smallest absolute Gasteiger partial charge is 0.355 e. The molecule has 6 nitrogen and oxygen atoms in total. The molecule has 1 heterocycles. The van der Waals surface area contributed by atoms with E-state index < -0.39 is 16.0 Å². The lowest BCUT2D eigenvalue weighted by Crippen LogP contribution is -2.19. The van der Waals surface area contributed by atoms with E-state index in [4.69, 9.17) is 32.7 Å². The summed E-state index contributed by atoms with van der Waals surface area (Å²) in [6.45, 7) is 0.346. The molecule has 0 spiro atoms. The van der Waals surface area contributed by atoms with Crippen molar-refractivity contribution >= 4 is 50.1 Å². The summed E-state index contributed by atoms with van der Waals surface area (Å²) >= 11 is 11.9. The largest absolute Gasteiger partial charge is 0.489 e. The maximum Gasteiger partial charge on any atom is 0.355 e. The van der Waals surface area contributed by atoms with E-state index in [1.54, 1.807) is 18.2 Å². The van der Waals surface area contributed by atoms with Crippen molar-refractivity contribution in [2.24, 2.45) is 0 Å². The molecular formula is C23H17Cl2NO5S. The fraction of sp³-hybridized carbons (Fsp3) is 0.0870. The number of benzene rings is 3. The molecule has 0 N–H and O–H groups in total. The number of ether oxygens (including phenoxy) is 2. The molecule has 0 bridgehead atoms. The Labute approximate surface area is 194 Å². The number of nitrogens with zero attached hydrogens (tertiary/aromatic N) is 1. The van der Waals surface area contributed by atoms with Crippen LogP contribution < -0.4 is 4.74 Å². The molecule has 0 saturated carbocycles. The van der Waals surface area contributed by atoms with E-state index in [0.29, 0.717) is 23.3 Å². The number of rotatable bonds is 6. The maximum atomic E-state index is 13.4. The average Bonchev–Trinajstić information content (AvgIpc) is 3.19. The Balaban J connectivity index is 1.80. The lowest BCUT2D eigenvalue weighted by Gasteiger charge is -2.12. The molecule has 9 heteroatoms. The predicted octanol–water partition coefficient (Wildman–Crippen LogP) is 5.55. The highest BCUT2D eigenvalue weighted by atomic mass is 35.5. The van der Waals surface area contributed by atoms with Crippen molar-refractivity contribution in [1.29, 1.82) is 0 Å². The van der Waals surface area contributed by atoms with Gasteiger partial charge >= 0.3 is 5.97 Å². The zero-order valence-electron chi connectivity index (χ0n) is 16.8. The fourth-order valence-electron chi connectivity index (χ4n) is 3.25. The molecule has 164 valence electrons. The van der Waals surface area contributed by atoms with Crippen LogP contribution in [0.15, 0.2) is 77.7 Å². The summed E-state index contributed by atoms with van der Waals surface area (Å²) in [4.78, 5) is 12.3. The van der Waals surface area contributed by atoms with Crippen molar-refractivity contribution in [1.82, 2.24) is 3.97 Å². The zero-order valence-corrected chi connectivity index (χ0v) is 19.1. The van der Waals surface area contributed by atoms with Gasteiger partial charge in [0.25, 0.3) is 10.0 Å². The van der Waals surface area contributed by atoms with E-state index in [1.807, 2.05) is 30.3 Å². The first-order valence-corrected chi connectivity index (χ1v) is 11.6. The van der Waals surface area contributed by atoms with Gasteiger partial charge in [0.2, 0.25) is 0 Å². The highest BCUT2D eigenvalue weighted by Crippen LogP contribution is 2.31. The fourth-order valence-corrected chi connectivity index (χ4v) is 5.14. The van der Waals surface area contributed by atoms with Gasteiger partial charge in [-0.05, 0) is 48.0 Å². The summed E-state index contributed by atoms with van der Waals surface area (Å²) in [5, 5.41) is 0.802. The minimum absolute atomic E-state index is 0.0837. The summed E-state index contributed by atoms with van der Waals surface area (Å²) in [5.41, 5.74) is 1.14. The van der Waals surface area contributed by atoms with Gasteiger partial charge in [-0.15, -0.1) is 0 Å². The van der Waals surface area contributed by atoms with Crippen LogP contribution in [0, 0.1) is 0 Å². The van der Waals surface area contributed by atoms with Gasteiger partial charge in [0.15, 0.2) is 0 Å². The molecule has 0 atom stereocenters. The van der Waals surface area contributed by atoms with E-state index in [0.717, 1.165) is 9.54 Å². The third kappa shape index (κ3) is 4.19. The number of hydrogen-bond acceptors (Lipinski definition) is 5. The number of carbonyl (C=O) groups excluding carboxylic acids is 1. The summed E-state index contributed by atoms with van der Waals surface area (Å²) in [5.74, 6) is -0.265. The van der Waals surface area contributed by atoms with E-state index in [2.05, 4.69) is 0 Å². The number of esters is 1. The van der Waals surface area contributed by atoms with Gasteiger partial charge < -0.3 is 9.47 Å². The van der Waals surface area contributed by atoms with Crippen LogP contribution in [0.3, 0.4) is 0 Å². The van der Waals surface area contributed by atoms with Crippen molar-refractivity contribution in [2.45, 2.75) is 11.5 Å². The van der Waals surface area contributed by atoms with Crippen molar-refractivity contribution in [2.75, 3.05) is 7.11 Å². The molecule has 32 heavy (non-hydrogen) atoms. The normalized spacial score (nSPS) is 11.5. The molecular weight excluding hydrogens is 473 g/mol. The second kappa shape index (κ2) is 8.86. The van der Waals surface area contributed by atoms with Gasteiger partial charge in [-0.2, -0.15) is 0 Å². The number of hydrogen-bond donors (Lipinski definition) is 0. The van der Waals surface area contributed by atoms with Gasteiger partial charge in [-0.25, -0.2) is 17.2 Å². The van der Waals surface area contributed by atoms with Crippen LogP contribution in [0.1, 0.15) is 16.1 Å². The molecule has 0 aliphatic heterocycles. The Morgan fingerprint density at radius 3 is 2.38 bits per heavy atom. The summed E-state index contributed by atoms with van der Waals surface area (Å²) in [6, 6.07) is 19.9. The van der Waals surface area contributed by atoms with Crippen LogP contribution in [0.4, 0.5) is 0 Å². The predicted molar refractivity (Wildman–Crippen MR) is 123 cm³/mol. The van der Waals surface area contributed by atoms with Crippen LogP contribution in [0.5, 0.6) is 5.75 Å². The molecule has 1 aromatic heterocycles. The van der Waals surface area contributed by atoms with Crippen molar-refractivity contribution in [3.8, 4) is 5.75 Å². The minimum atomic E-state index is -4.18. The molecule has 0 aliphatic carbocycles. The first-order chi connectivity index (χ1) is 15.3. The van der Waals surface area contributed by atoms with Crippen molar-refractivity contribution in [3.63, 3.8) is 0 Å². The second-order valence-corrected chi connectivity index (χ2v) is 9.46. The monoisotopic (exact) mass is 489 g/mol. The van der Waals surface area contributed by atoms with Gasteiger partial charge in [0, 0.05) is 5.39 Å². The average molecular weight is 490 g/mol. The second-order valence-electron chi connectivity index (χ2n) is 6.86. The first kappa shape index (κ1) is 22.2. The highest BCUT2D eigenvalue weighted by molar-refractivity contribution is 7.90. The van der Waals surface area contributed by atoms with Crippen molar-refractivity contribution in [3.05, 3.63) is 94.1 Å². The van der Waals surface area contributed by atoms with Gasteiger partial charge in [-0.1, -0.05) is 53.5 Å². The molecule has 0 aliphatic rings. The van der Waals surface area contributed by atoms with Gasteiger partial charge in [0.1, 0.15) is 18.1 Å². The number of aromatic nitrogens is 1. The maximum absolute atomic E-state index is 13.4. The van der Waals surface area contributed by atoms with Crippen LogP contribution >= 0.6 is 23.2 Å². The third-order valence-corrected chi connectivity index (χ3v) is 7.26. The summed E-state index contributed by atoms with van der Waals surface area (Å²) in [7, 11) is -3.00. The van der Waals surface area contributed by atoms with Crippen LogP contribution in [-0.2, 0) is 21.4 Å². The van der Waals surface area contributed by atoms with E-state index in [-0.39, 0.29) is 20.6 Å². The Hall–Kier alpha value is -3.00. The molecule has 4 rings (SSSR count). The van der Waals surface area contributed by atoms with Crippen LogP contribution in [0.25, 0.3) is 10.9 Å². The zero-order chi connectivity index (χ0) is 22.9. The highest BCUT2D eigenvalue weighted by Gasteiger charge is 2.27. The number of halogens is 2. The molecule has 0 saturated heterocycles. The molecule has 0 radical (unpaired) electrons. The Morgan fingerprint density at radius 2 is 1.69 bits per heavy atom. The Bertz CT molecular complexity index is 1420. The van der Waals surface area contributed by atoms with E-state index in [1.165, 1.54) is 31.4 Å². The van der Waals surface area contributed by atoms with Crippen molar-refractivity contribution < 1.29 is 22.7 Å². The SMILES string of the molecule is COC(=O)c1cc2cc(OCc3ccccc3)ccc2n1S(=O)(=O)c1ccc(Cl)c(Cl)c1. The van der Waals surface area contributed by atoms with Gasteiger partial charge in [0.05, 0.1) is 27.6 Å². The topological polar surface area (TPSA) is 74.6 Å². The quantitative estimate of drug-likeness (QED) is 0.332. The summed E-state index contributed by atoms with van der Waals surface area (Å²) < 4.78 is 38.4. The number of carbonyl (C=O) groups is 1. The van der Waals surface area contributed by atoms with Gasteiger partial charge in [-0.3, -0.25) is 0 Å². The van der Waals surface area contributed by atoms with Crippen LogP contribution in [-0.4, -0.2) is 25.5 Å². The first-order valence-electron chi connectivity index (χ1n) is 9.42. The van der Waals surface area contributed by atoms with Crippen LogP contribution in [0.2, 0.25) is 10.0 Å². The molecule has 3 aromatic carbocycles. The molecule has 0 unspecified atom stereocenters. The van der Waals surface area contributed by atoms with E-state index >= 15 is 0 Å². The lowest BCUT2D eigenvalue weighted by atomic mass is 10.2. The number of fused-ring (bicyclic) bond motifs is 1. The standard InChI is InChI=1S/C23H17Cl2NO5S/c1-30-23(27)22-12-16-11-17(31-14-15-5-3-2-4-6-15)7-10-21(16)26(22)32(28,29)18-8-9-19(24)20(25)13-18/h2-13H,14H2,1H3. The molecule has 0 fully saturated rings.